The Hall–Kier alpha value is -2.22. The number of morpholine rings is 1. The van der Waals surface area contributed by atoms with Crippen molar-refractivity contribution in [1.82, 2.24) is 19.9 Å². The van der Waals surface area contributed by atoms with E-state index in [9.17, 15) is 0 Å². The number of hydrogen-bond acceptors (Lipinski definition) is 8. The maximum atomic E-state index is 5.46. The van der Waals surface area contributed by atoms with Crippen LogP contribution in [-0.4, -0.2) is 72.4 Å². The molecule has 5 heterocycles. The lowest BCUT2D eigenvalue weighted by atomic mass is 10.1. The summed E-state index contributed by atoms with van der Waals surface area (Å²) in [6, 6.07) is 0. The van der Waals surface area contributed by atoms with Crippen molar-refractivity contribution in [3.8, 4) is 0 Å². The average Bonchev–Trinajstić information content (AvgIpc) is 3.28. The molecule has 3 aliphatic heterocycles. The molecule has 0 saturated carbocycles. The number of hydrogen-bond donors (Lipinski definition) is 0. The molecule has 0 amide bonds. The molecule has 0 aromatic carbocycles. The van der Waals surface area contributed by atoms with Crippen LogP contribution in [0.5, 0.6) is 0 Å². The molecule has 8 heteroatoms. The van der Waals surface area contributed by atoms with Crippen molar-refractivity contribution in [3.05, 3.63) is 6.20 Å². The minimum Gasteiger partial charge on any atom is -0.378 e. The fraction of sp³-hybridized carbons (Fsp3) is 0.684. The van der Waals surface area contributed by atoms with Gasteiger partial charge in [0.05, 0.1) is 18.6 Å². The minimum absolute atomic E-state index is 0.725. The second kappa shape index (κ2) is 7.42. The van der Waals surface area contributed by atoms with Gasteiger partial charge in [-0.05, 0) is 32.1 Å². The number of rotatable bonds is 3. The Morgan fingerprint density at radius 1 is 0.667 bits per heavy atom. The van der Waals surface area contributed by atoms with Crippen LogP contribution in [0, 0.1) is 0 Å². The zero-order chi connectivity index (χ0) is 18.1. The van der Waals surface area contributed by atoms with Gasteiger partial charge in [-0.15, -0.1) is 0 Å². The summed E-state index contributed by atoms with van der Waals surface area (Å²) >= 11 is 0. The van der Waals surface area contributed by atoms with E-state index in [1.165, 1.54) is 32.1 Å². The van der Waals surface area contributed by atoms with Crippen LogP contribution in [0.15, 0.2) is 6.20 Å². The van der Waals surface area contributed by atoms with Crippen LogP contribution >= 0.6 is 0 Å². The zero-order valence-corrected chi connectivity index (χ0v) is 15.8. The third kappa shape index (κ3) is 3.38. The highest BCUT2D eigenvalue weighted by atomic mass is 16.5. The van der Waals surface area contributed by atoms with Crippen LogP contribution < -0.4 is 14.7 Å². The minimum atomic E-state index is 0.725. The van der Waals surface area contributed by atoms with Crippen molar-refractivity contribution in [2.24, 2.45) is 0 Å². The van der Waals surface area contributed by atoms with Crippen LogP contribution in [0.25, 0.3) is 11.0 Å². The second-order valence-electron chi connectivity index (χ2n) is 7.60. The fourth-order valence-corrected chi connectivity index (χ4v) is 4.20. The topological polar surface area (TPSA) is 70.5 Å². The van der Waals surface area contributed by atoms with E-state index in [0.29, 0.717) is 0 Å². The molecule has 0 N–H and O–H groups in total. The monoisotopic (exact) mass is 369 g/mol. The fourth-order valence-electron chi connectivity index (χ4n) is 4.20. The van der Waals surface area contributed by atoms with Gasteiger partial charge in [0.2, 0.25) is 11.9 Å². The van der Waals surface area contributed by atoms with Crippen molar-refractivity contribution >= 4 is 28.7 Å². The van der Waals surface area contributed by atoms with Gasteiger partial charge in [-0.1, -0.05) is 0 Å². The molecule has 0 bridgehead atoms. The Balaban J connectivity index is 1.57. The van der Waals surface area contributed by atoms with Gasteiger partial charge in [0.15, 0.2) is 5.65 Å². The van der Waals surface area contributed by atoms with Crippen molar-refractivity contribution in [2.45, 2.75) is 32.1 Å². The highest BCUT2D eigenvalue weighted by molar-refractivity contribution is 5.88. The molecule has 0 unspecified atom stereocenters. The van der Waals surface area contributed by atoms with Crippen LogP contribution in [0.2, 0.25) is 0 Å². The Morgan fingerprint density at radius 2 is 1.30 bits per heavy atom. The second-order valence-corrected chi connectivity index (χ2v) is 7.60. The number of anilines is 3. The average molecular weight is 369 g/mol. The normalized spacial score (nSPS) is 21.3. The summed E-state index contributed by atoms with van der Waals surface area (Å²) in [7, 11) is 0. The van der Waals surface area contributed by atoms with Gasteiger partial charge in [0, 0.05) is 45.5 Å². The van der Waals surface area contributed by atoms with Crippen LogP contribution in [0.3, 0.4) is 0 Å². The van der Waals surface area contributed by atoms with E-state index in [0.717, 1.165) is 81.2 Å². The van der Waals surface area contributed by atoms with Crippen LogP contribution in [0.4, 0.5) is 17.7 Å². The van der Waals surface area contributed by atoms with E-state index in [2.05, 4.69) is 19.7 Å². The third-order valence-electron chi connectivity index (χ3n) is 5.75. The SMILES string of the molecule is c1nc(N2CCOCC2)nc2nc(N3CCCCC3)nc(N3CCCC3)c12. The maximum Gasteiger partial charge on any atom is 0.229 e. The van der Waals surface area contributed by atoms with Gasteiger partial charge in [-0.25, -0.2) is 4.98 Å². The number of nitrogens with zero attached hydrogens (tertiary/aromatic N) is 7. The summed E-state index contributed by atoms with van der Waals surface area (Å²) in [6.07, 6.45) is 8.08. The van der Waals surface area contributed by atoms with E-state index in [-0.39, 0.29) is 0 Å². The predicted octanol–water partition coefficient (Wildman–Crippen LogP) is 1.85. The summed E-state index contributed by atoms with van der Waals surface area (Å²) in [5, 5.41) is 0.967. The Labute approximate surface area is 159 Å². The largest absolute Gasteiger partial charge is 0.378 e. The third-order valence-corrected chi connectivity index (χ3v) is 5.75. The van der Waals surface area contributed by atoms with Crippen LogP contribution in [0.1, 0.15) is 32.1 Å². The van der Waals surface area contributed by atoms with E-state index in [1.54, 1.807) is 0 Å². The summed E-state index contributed by atoms with van der Waals surface area (Å²) < 4.78 is 5.46. The number of piperidine rings is 1. The summed E-state index contributed by atoms with van der Waals surface area (Å²) in [4.78, 5) is 26.2. The van der Waals surface area contributed by atoms with Crippen molar-refractivity contribution < 1.29 is 4.74 Å². The van der Waals surface area contributed by atoms with Crippen molar-refractivity contribution in [3.63, 3.8) is 0 Å². The summed E-state index contributed by atoms with van der Waals surface area (Å²) in [6.45, 7) is 7.28. The molecule has 0 radical (unpaired) electrons. The molecule has 2 aromatic heterocycles. The van der Waals surface area contributed by atoms with E-state index in [4.69, 9.17) is 19.7 Å². The molecule has 27 heavy (non-hydrogen) atoms. The van der Waals surface area contributed by atoms with Crippen molar-refractivity contribution in [1.29, 1.82) is 0 Å². The maximum absolute atomic E-state index is 5.46. The first-order valence-electron chi connectivity index (χ1n) is 10.3. The molecular weight excluding hydrogens is 342 g/mol. The lowest BCUT2D eigenvalue weighted by Crippen LogP contribution is -2.37. The Bertz CT molecular complexity index is 791. The molecule has 3 saturated heterocycles. The highest BCUT2D eigenvalue weighted by Gasteiger charge is 2.23. The number of fused-ring (bicyclic) bond motifs is 1. The first kappa shape index (κ1) is 16.9. The molecule has 2 aromatic rings. The molecule has 0 spiro atoms. The molecule has 144 valence electrons. The highest BCUT2D eigenvalue weighted by Crippen LogP contribution is 2.29. The summed E-state index contributed by atoms with van der Waals surface area (Å²) in [5.41, 5.74) is 0.768. The lowest BCUT2D eigenvalue weighted by Gasteiger charge is -2.29. The van der Waals surface area contributed by atoms with Gasteiger partial charge in [-0.2, -0.15) is 15.0 Å². The first-order valence-corrected chi connectivity index (χ1v) is 10.3. The zero-order valence-electron chi connectivity index (χ0n) is 15.8. The Morgan fingerprint density at radius 3 is 2.07 bits per heavy atom. The van der Waals surface area contributed by atoms with Gasteiger partial charge >= 0.3 is 0 Å². The van der Waals surface area contributed by atoms with Crippen LogP contribution in [-0.2, 0) is 4.74 Å². The number of ether oxygens (including phenoxy) is 1. The van der Waals surface area contributed by atoms with Gasteiger partial charge < -0.3 is 19.4 Å². The van der Waals surface area contributed by atoms with E-state index in [1.807, 2.05) is 6.20 Å². The lowest BCUT2D eigenvalue weighted by molar-refractivity contribution is 0.122. The van der Waals surface area contributed by atoms with Gasteiger partial charge in [-0.3, -0.25) is 0 Å². The molecule has 3 fully saturated rings. The molecule has 0 aliphatic carbocycles. The van der Waals surface area contributed by atoms with Crippen molar-refractivity contribution in [2.75, 3.05) is 67.2 Å². The van der Waals surface area contributed by atoms with Gasteiger partial charge in [0.25, 0.3) is 0 Å². The number of aromatic nitrogens is 4. The first-order chi connectivity index (χ1) is 13.4. The van der Waals surface area contributed by atoms with E-state index >= 15 is 0 Å². The smallest absolute Gasteiger partial charge is 0.229 e. The predicted molar refractivity (Wildman–Crippen MR) is 106 cm³/mol. The van der Waals surface area contributed by atoms with E-state index < -0.39 is 0 Å². The molecule has 3 aliphatic rings. The van der Waals surface area contributed by atoms with Gasteiger partial charge in [0.1, 0.15) is 5.82 Å². The molecule has 0 atom stereocenters. The molecular formula is C19H27N7O. The quantitative estimate of drug-likeness (QED) is 0.812. The summed E-state index contributed by atoms with van der Waals surface area (Å²) in [5.74, 6) is 2.59. The Kier molecular flexibility index (Phi) is 4.65. The molecule has 8 nitrogen and oxygen atoms in total. The standard InChI is InChI=1S/C19H27N7O/c1-2-8-25(9-3-1)19-22-16-15(17(23-19)24-6-4-5-7-24)14-20-18(21-16)26-10-12-27-13-11-26/h14H,1-13H2. The molecule has 5 rings (SSSR count).